The van der Waals surface area contributed by atoms with E-state index in [0.29, 0.717) is 17.5 Å². The highest BCUT2D eigenvalue weighted by Crippen LogP contribution is 2.20. The summed E-state index contributed by atoms with van der Waals surface area (Å²) in [6, 6.07) is 3.25. The van der Waals surface area contributed by atoms with E-state index >= 15 is 0 Å². The van der Waals surface area contributed by atoms with E-state index in [9.17, 15) is 8.78 Å². The number of aromatic nitrogens is 2. The lowest BCUT2D eigenvalue weighted by molar-refractivity contribution is 0.584. The van der Waals surface area contributed by atoms with Gasteiger partial charge in [-0.25, -0.2) is 13.8 Å². The minimum absolute atomic E-state index is 0.311. The second-order valence-electron chi connectivity index (χ2n) is 4.44. The molecule has 4 nitrogen and oxygen atoms in total. The maximum Gasteiger partial charge on any atom is 0.224 e. The Morgan fingerprint density at radius 3 is 2.50 bits per heavy atom. The SMILES string of the molecule is CCCNc1ncc(C)c(Nc2cc(F)cc(F)c2)n1. The molecule has 0 aliphatic rings. The van der Waals surface area contributed by atoms with Gasteiger partial charge in [0.2, 0.25) is 5.95 Å². The van der Waals surface area contributed by atoms with E-state index in [0.717, 1.165) is 24.6 Å². The lowest BCUT2D eigenvalue weighted by Gasteiger charge is -2.10. The summed E-state index contributed by atoms with van der Waals surface area (Å²) in [5.74, 6) is -0.271. The van der Waals surface area contributed by atoms with Crippen molar-refractivity contribution in [2.75, 3.05) is 17.2 Å². The molecule has 0 spiro atoms. The molecule has 1 aromatic carbocycles. The molecule has 0 unspecified atom stereocenters. The number of anilines is 3. The van der Waals surface area contributed by atoms with Gasteiger partial charge < -0.3 is 10.6 Å². The molecule has 6 heteroatoms. The first-order valence-corrected chi connectivity index (χ1v) is 6.39. The molecule has 0 bridgehead atoms. The fourth-order valence-corrected chi connectivity index (χ4v) is 1.65. The van der Waals surface area contributed by atoms with Crippen LogP contribution in [-0.4, -0.2) is 16.5 Å². The van der Waals surface area contributed by atoms with Crippen LogP contribution in [0.2, 0.25) is 0 Å². The van der Waals surface area contributed by atoms with Crippen molar-refractivity contribution < 1.29 is 8.78 Å². The Morgan fingerprint density at radius 1 is 1.15 bits per heavy atom. The van der Waals surface area contributed by atoms with Gasteiger partial charge in [0.15, 0.2) is 0 Å². The van der Waals surface area contributed by atoms with Crippen LogP contribution in [0, 0.1) is 18.6 Å². The summed E-state index contributed by atoms with van der Waals surface area (Å²) in [6.07, 6.45) is 2.61. The van der Waals surface area contributed by atoms with E-state index in [1.54, 1.807) is 6.20 Å². The summed E-state index contributed by atoms with van der Waals surface area (Å²) in [4.78, 5) is 8.43. The summed E-state index contributed by atoms with van der Waals surface area (Å²) in [5, 5.41) is 5.96. The number of benzene rings is 1. The maximum absolute atomic E-state index is 13.2. The number of nitrogens with zero attached hydrogens (tertiary/aromatic N) is 2. The molecular weight excluding hydrogens is 262 g/mol. The highest BCUT2D eigenvalue weighted by Gasteiger charge is 2.06. The van der Waals surface area contributed by atoms with Crippen LogP contribution < -0.4 is 10.6 Å². The van der Waals surface area contributed by atoms with Crippen LogP contribution in [0.4, 0.5) is 26.2 Å². The van der Waals surface area contributed by atoms with Crippen molar-refractivity contribution in [3.05, 3.63) is 41.6 Å². The predicted molar refractivity (Wildman–Crippen MR) is 75.2 cm³/mol. The number of nitrogens with one attached hydrogen (secondary N) is 2. The molecule has 106 valence electrons. The third-order valence-electron chi connectivity index (χ3n) is 2.63. The Kier molecular flexibility index (Phi) is 4.45. The van der Waals surface area contributed by atoms with Gasteiger partial charge in [-0.15, -0.1) is 0 Å². The summed E-state index contributed by atoms with van der Waals surface area (Å²) in [5.41, 5.74) is 1.10. The van der Waals surface area contributed by atoms with Crippen molar-refractivity contribution in [1.29, 1.82) is 0 Å². The van der Waals surface area contributed by atoms with Gasteiger partial charge >= 0.3 is 0 Å². The summed E-state index contributed by atoms with van der Waals surface area (Å²) >= 11 is 0. The molecule has 0 atom stereocenters. The molecule has 2 N–H and O–H groups in total. The summed E-state index contributed by atoms with van der Waals surface area (Å²) in [7, 11) is 0. The van der Waals surface area contributed by atoms with Crippen LogP contribution in [-0.2, 0) is 0 Å². The van der Waals surface area contributed by atoms with Gasteiger partial charge in [0, 0.05) is 30.1 Å². The smallest absolute Gasteiger partial charge is 0.224 e. The highest BCUT2D eigenvalue weighted by molar-refractivity contribution is 5.60. The zero-order chi connectivity index (χ0) is 14.5. The molecule has 0 radical (unpaired) electrons. The fourth-order valence-electron chi connectivity index (χ4n) is 1.65. The van der Waals surface area contributed by atoms with Gasteiger partial charge in [-0.1, -0.05) is 6.92 Å². The fraction of sp³-hybridized carbons (Fsp3) is 0.286. The monoisotopic (exact) mass is 278 g/mol. The van der Waals surface area contributed by atoms with Crippen molar-refractivity contribution in [1.82, 2.24) is 9.97 Å². The average Bonchev–Trinajstić information content (AvgIpc) is 2.38. The van der Waals surface area contributed by atoms with Crippen molar-refractivity contribution in [3.8, 4) is 0 Å². The van der Waals surface area contributed by atoms with Crippen LogP contribution in [0.5, 0.6) is 0 Å². The lowest BCUT2D eigenvalue weighted by Crippen LogP contribution is -2.07. The Bertz CT molecular complexity index is 581. The first-order chi connectivity index (χ1) is 9.58. The van der Waals surface area contributed by atoms with Gasteiger partial charge in [-0.05, 0) is 25.5 Å². The second-order valence-corrected chi connectivity index (χ2v) is 4.44. The molecule has 0 saturated heterocycles. The molecule has 0 aliphatic heterocycles. The van der Waals surface area contributed by atoms with Gasteiger partial charge in [-0.3, -0.25) is 0 Å². The number of hydrogen-bond acceptors (Lipinski definition) is 4. The molecule has 2 rings (SSSR count). The van der Waals surface area contributed by atoms with Crippen molar-refractivity contribution in [3.63, 3.8) is 0 Å². The minimum Gasteiger partial charge on any atom is -0.354 e. The maximum atomic E-state index is 13.2. The van der Waals surface area contributed by atoms with E-state index in [1.165, 1.54) is 12.1 Å². The normalized spacial score (nSPS) is 10.4. The first-order valence-electron chi connectivity index (χ1n) is 6.39. The van der Waals surface area contributed by atoms with Gasteiger partial charge in [-0.2, -0.15) is 4.98 Å². The molecule has 20 heavy (non-hydrogen) atoms. The van der Waals surface area contributed by atoms with E-state index < -0.39 is 11.6 Å². The molecule has 0 saturated carbocycles. The van der Waals surface area contributed by atoms with Crippen LogP contribution in [0.3, 0.4) is 0 Å². The quantitative estimate of drug-likeness (QED) is 0.877. The summed E-state index contributed by atoms with van der Waals surface area (Å²) < 4.78 is 26.3. The molecule has 0 aliphatic carbocycles. The summed E-state index contributed by atoms with van der Waals surface area (Å²) in [6.45, 7) is 4.62. The minimum atomic E-state index is -0.636. The van der Waals surface area contributed by atoms with Crippen LogP contribution >= 0.6 is 0 Å². The van der Waals surface area contributed by atoms with Crippen LogP contribution in [0.25, 0.3) is 0 Å². The Balaban J connectivity index is 2.23. The molecule has 0 fully saturated rings. The third-order valence-corrected chi connectivity index (χ3v) is 2.63. The number of rotatable bonds is 5. The molecule has 0 amide bonds. The van der Waals surface area contributed by atoms with Crippen LogP contribution in [0.15, 0.2) is 24.4 Å². The van der Waals surface area contributed by atoms with Crippen molar-refractivity contribution in [2.24, 2.45) is 0 Å². The Labute approximate surface area is 116 Å². The molecule has 1 heterocycles. The number of aryl methyl sites for hydroxylation is 1. The highest BCUT2D eigenvalue weighted by atomic mass is 19.1. The van der Waals surface area contributed by atoms with E-state index in [1.807, 2.05) is 13.8 Å². The predicted octanol–water partition coefficient (Wildman–Crippen LogP) is 3.63. The molecule has 2 aromatic rings. The standard InChI is InChI=1S/C14H16F2N4/c1-3-4-17-14-18-8-9(2)13(20-14)19-12-6-10(15)5-11(16)7-12/h5-8H,3-4H2,1-2H3,(H2,17,18,19,20). The largest absolute Gasteiger partial charge is 0.354 e. The van der Waals surface area contributed by atoms with Gasteiger partial charge in [0.05, 0.1) is 0 Å². The van der Waals surface area contributed by atoms with Crippen molar-refractivity contribution in [2.45, 2.75) is 20.3 Å². The first kappa shape index (κ1) is 14.2. The molecular formula is C14H16F2N4. The van der Waals surface area contributed by atoms with E-state index in [4.69, 9.17) is 0 Å². The van der Waals surface area contributed by atoms with E-state index in [2.05, 4.69) is 20.6 Å². The number of halogens is 2. The van der Waals surface area contributed by atoms with Crippen molar-refractivity contribution >= 4 is 17.5 Å². The lowest BCUT2D eigenvalue weighted by atomic mass is 10.2. The second kappa shape index (κ2) is 6.27. The third kappa shape index (κ3) is 3.63. The number of hydrogen-bond donors (Lipinski definition) is 2. The zero-order valence-electron chi connectivity index (χ0n) is 11.4. The zero-order valence-corrected chi connectivity index (χ0v) is 11.4. The van der Waals surface area contributed by atoms with Crippen LogP contribution in [0.1, 0.15) is 18.9 Å². The van der Waals surface area contributed by atoms with Gasteiger partial charge in [0.1, 0.15) is 17.5 Å². The Hall–Kier alpha value is -2.24. The Morgan fingerprint density at radius 2 is 1.85 bits per heavy atom. The average molecular weight is 278 g/mol. The van der Waals surface area contributed by atoms with Gasteiger partial charge in [0.25, 0.3) is 0 Å². The topological polar surface area (TPSA) is 49.8 Å². The molecule has 1 aromatic heterocycles. The van der Waals surface area contributed by atoms with E-state index in [-0.39, 0.29) is 0 Å².